The van der Waals surface area contributed by atoms with Crippen molar-refractivity contribution in [2.24, 2.45) is 11.8 Å². The minimum Gasteiger partial charge on any atom is -0.373 e. The Labute approximate surface area is 128 Å². The van der Waals surface area contributed by atoms with E-state index < -0.39 is 46.2 Å². The Bertz CT molecular complexity index is 671. The largest absolute Gasteiger partial charge is 0.395 e. The van der Waals surface area contributed by atoms with Crippen LogP contribution >= 0.6 is 11.3 Å². The lowest BCUT2D eigenvalue weighted by Gasteiger charge is -2.28. The number of amides is 1. The zero-order valence-electron chi connectivity index (χ0n) is 11.0. The average molecular weight is 355 g/mol. The van der Waals surface area contributed by atoms with Crippen molar-refractivity contribution < 1.29 is 31.1 Å². The van der Waals surface area contributed by atoms with E-state index in [1.165, 1.54) is 16.8 Å². The predicted molar refractivity (Wildman–Crippen MR) is 70.6 cm³/mol. The summed E-state index contributed by atoms with van der Waals surface area (Å²) in [6.07, 6.45) is -5.99. The second-order valence-corrected chi connectivity index (χ2v) is 7.77. The number of ether oxygens (including phenoxy) is 1. The SMILES string of the molecule is O=C(NS(=O)(=O)c1ccsc1)C1C2CCC(O2)C1C(F)(F)F. The molecule has 1 N–H and O–H groups in total. The first-order valence-electron chi connectivity index (χ1n) is 6.51. The van der Waals surface area contributed by atoms with Gasteiger partial charge in [-0.25, -0.2) is 13.1 Å². The monoisotopic (exact) mass is 355 g/mol. The van der Waals surface area contributed by atoms with E-state index in [2.05, 4.69) is 0 Å². The van der Waals surface area contributed by atoms with Crippen LogP contribution in [0.4, 0.5) is 13.2 Å². The van der Waals surface area contributed by atoms with Gasteiger partial charge in [0.15, 0.2) is 0 Å². The molecule has 1 aromatic rings. The lowest BCUT2D eigenvalue weighted by atomic mass is 9.78. The van der Waals surface area contributed by atoms with E-state index in [9.17, 15) is 26.4 Å². The molecular weight excluding hydrogens is 343 g/mol. The lowest BCUT2D eigenvalue weighted by Crippen LogP contribution is -2.47. The third-order valence-corrected chi connectivity index (χ3v) is 6.17. The molecule has 2 fully saturated rings. The van der Waals surface area contributed by atoms with Gasteiger partial charge in [-0.3, -0.25) is 4.79 Å². The molecule has 1 aromatic heterocycles. The zero-order valence-corrected chi connectivity index (χ0v) is 12.7. The molecule has 0 aromatic carbocycles. The van der Waals surface area contributed by atoms with Gasteiger partial charge in [0.05, 0.1) is 28.9 Å². The van der Waals surface area contributed by atoms with Crippen LogP contribution in [-0.4, -0.2) is 32.7 Å². The van der Waals surface area contributed by atoms with E-state index in [0.717, 1.165) is 11.3 Å². The summed E-state index contributed by atoms with van der Waals surface area (Å²) in [5.74, 6) is -4.63. The van der Waals surface area contributed by atoms with Crippen LogP contribution in [0.2, 0.25) is 0 Å². The lowest BCUT2D eigenvalue weighted by molar-refractivity contribution is -0.197. The van der Waals surface area contributed by atoms with E-state index in [1.54, 1.807) is 4.72 Å². The van der Waals surface area contributed by atoms with Gasteiger partial charge < -0.3 is 4.74 Å². The molecule has 122 valence electrons. The van der Waals surface area contributed by atoms with Gasteiger partial charge in [0.25, 0.3) is 10.0 Å². The molecule has 2 saturated heterocycles. The smallest absolute Gasteiger partial charge is 0.373 e. The van der Waals surface area contributed by atoms with Crippen molar-refractivity contribution in [2.75, 3.05) is 0 Å². The molecule has 3 rings (SSSR count). The summed E-state index contributed by atoms with van der Waals surface area (Å²) in [6, 6.07) is 1.28. The highest BCUT2D eigenvalue weighted by Crippen LogP contribution is 2.50. The van der Waals surface area contributed by atoms with E-state index in [4.69, 9.17) is 4.74 Å². The highest BCUT2D eigenvalue weighted by Gasteiger charge is 2.62. The van der Waals surface area contributed by atoms with Gasteiger partial charge in [0, 0.05) is 5.38 Å². The number of hydrogen-bond donors (Lipinski definition) is 1. The number of rotatable bonds is 3. The predicted octanol–water partition coefficient (Wildman–Crippen LogP) is 1.91. The number of carbonyl (C=O) groups excluding carboxylic acids is 1. The highest BCUT2D eigenvalue weighted by molar-refractivity contribution is 7.90. The van der Waals surface area contributed by atoms with Crippen LogP contribution in [0.25, 0.3) is 0 Å². The van der Waals surface area contributed by atoms with Gasteiger partial charge >= 0.3 is 6.18 Å². The molecule has 0 radical (unpaired) electrons. The molecule has 0 aliphatic carbocycles. The Kier molecular flexibility index (Phi) is 3.73. The summed E-state index contributed by atoms with van der Waals surface area (Å²) < 4.78 is 70.3. The Morgan fingerprint density at radius 1 is 1.32 bits per heavy atom. The molecule has 2 aliphatic rings. The maximum Gasteiger partial charge on any atom is 0.395 e. The van der Waals surface area contributed by atoms with Crippen molar-refractivity contribution in [3.8, 4) is 0 Å². The Morgan fingerprint density at radius 2 is 2.00 bits per heavy atom. The molecule has 22 heavy (non-hydrogen) atoms. The zero-order chi connectivity index (χ0) is 16.1. The number of alkyl halides is 3. The second kappa shape index (κ2) is 5.20. The number of thiophene rings is 1. The standard InChI is InChI=1S/C12H12F3NO4S2/c13-12(14,15)10-8-2-1-7(20-8)9(10)11(17)16-22(18,19)6-3-4-21-5-6/h3-5,7-10H,1-2H2,(H,16,17). The molecule has 1 amide bonds. The van der Waals surface area contributed by atoms with E-state index in [1.807, 2.05) is 0 Å². The molecule has 0 spiro atoms. The van der Waals surface area contributed by atoms with Crippen LogP contribution in [-0.2, 0) is 19.6 Å². The van der Waals surface area contributed by atoms with Gasteiger partial charge in [-0.2, -0.15) is 24.5 Å². The van der Waals surface area contributed by atoms with Crippen molar-refractivity contribution in [1.82, 2.24) is 4.72 Å². The molecule has 5 nitrogen and oxygen atoms in total. The topological polar surface area (TPSA) is 72.5 Å². The van der Waals surface area contributed by atoms with Gasteiger partial charge in [-0.1, -0.05) is 0 Å². The number of halogens is 3. The molecular formula is C12H12F3NO4S2. The fourth-order valence-electron chi connectivity index (χ4n) is 3.09. The van der Waals surface area contributed by atoms with Crippen LogP contribution in [0.1, 0.15) is 12.8 Å². The summed E-state index contributed by atoms with van der Waals surface area (Å²) in [6.45, 7) is 0. The summed E-state index contributed by atoms with van der Waals surface area (Å²) in [5, 5.41) is 2.80. The second-order valence-electron chi connectivity index (χ2n) is 5.31. The summed E-state index contributed by atoms with van der Waals surface area (Å²) in [4.78, 5) is 12.0. The minimum atomic E-state index is -4.60. The summed E-state index contributed by atoms with van der Waals surface area (Å²) >= 11 is 1.11. The van der Waals surface area contributed by atoms with Crippen LogP contribution < -0.4 is 4.72 Å². The number of hydrogen-bond acceptors (Lipinski definition) is 5. The normalized spacial score (nSPS) is 31.4. The van der Waals surface area contributed by atoms with Crippen LogP contribution in [0.3, 0.4) is 0 Å². The Morgan fingerprint density at radius 3 is 2.59 bits per heavy atom. The quantitative estimate of drug-likeness (QED) is 0.899. The van der Waals surface area contributed by atoms with Crippen LogP contribution in [0.15, 0.2) is 21.7 Å². The van der Waals surface area contributed by atoms with Crippen molar-refractivity contribution in [1.29, 1.82) is 0 Å². The van der Waals surface area contributed by atoms with Gasteiger partial charge in [-0.05, 0) is 24.3 Å². The third-order valence-electron chi connectivity index (χ3n) is 3.99. The highest BCUT2D eigenvalue weighted by atomic mass is 32.2. The number of nitrogens with one attached hydrogen (secondary N) is 1. The molecule has 2 bridgehead atoms. The molecule has 2 aliphatic heterocycles. The van der Waals surface area contributed by atoms with Crippen molar-refractivity contribution in [3.05, 3.63) is 16.8 Å². The maximum absolute atomic E-state index is 13.1. The number of fused-ring (bicyclic) bond motifs is 2. The first kappa shape index (κ1) is 15.8. The molecule has 0 saturated carbocycles. The average Bonchev–Trinajstić information content (AvgIpc) is 3.12. The fraction of sp³-hybridized carbons (Fsp3) is 0.583. The number of carbonyl (C=O) groups is 1. The third kappa shape index (κ3) is 2.63. The van der Waals surface area contributed by atoms with Crippen molar-refractivity contribution in [2.45, 2.75) is 36.1 Å². The van der Waals surface area contributed by atoms with Gasteiger partial charge in [-0.15, -0.1) is 0 Å². The van der Waals surface area contributed by atoms with Crippen LogP contribution in [0, 0.1) is 11.8 Å². The first-order chi connectivity index (χ1) is 10.2. The van der Waals surface area contributed by atoms with Crippen LogP contribution in [0.5, 0.6) is 0 Å². The van der Waals surface area contributed by atoms with Crippen molar-refractivity contribution >= 4 is 27.3 Å². The summed E-state index contributed by atoms with van der Waals surface area (Å²) in [5.41, 5.74) is 0. The number of sulfonamides is 1. The van der Waals surface area contributed by atoms with E-state index >= 15 is 0 Å². The first-order valence-corrected chi connectivity index (χ1v) is 8.94. The van der Waals surface area contributed by atoms with Crippen molar-refractivity contribution in [3.63, 3.8) is 0 Å². The Hall–Kier alpha value is -1.13. The Balaban J connectivity index is 1.83. The molecule has 4 atom stereocenters. The summed E-state index contributed by atoms with van der Waals surface area (Å²) in [7, 11) is -4.15. The van der Waals surface area contributed by atoms with Gasteiger partial charge in [0.2, 0.25) is 5.91 Å². The van der Waals surface area contributed by atoms with E-state index in [0.29, 0.717) is 6.42 Å². The minimum absolute atomic E-state index is 0.140. The van der Waals surface area contributed by atoms with Gasteiger partial charge in [0.1, 0.15) is 0 Å². The maximum atomic E-state index is 13.1. The molecule has 4 unspecified atom stereocenters. The molecule has 10 heteroatoms. The fourth-order valence-corrected chi connectivity index (χ4v) is 5.13. The molecule has 3 heterocycles. The van der Waals surface area contributed by atoms with E-state index in [-0.39, 0.29) is 11.3 Å².